The summed E-state index contributed by atoms with van der Waals surface area (Å²) in [5.74, 6) is 0.413. The Hall–Kier alpha value is -0.720. The smallest absolute Gasteiger partial charge is 0.129 e. The van der Waals surface area contributed by atoms with E-state index in [1.165, 1.54) is 6.07 Å². The first kappa shape index (κ1) is 20.6. The number of aryl methyl sites for hydroxylation is 1. The molecule has 4 nitrogen and oxygen atoms in total. The Kier molecular flexibility index (Phi) is 8.10. The fraction of sp³-hybridized carbons (Fsp3) is 0.684. The van der Waals surface area contributed by atoms with Crippen LogP contribution in [0.3, 0.4) is 0 Å². The summed E-state index contributed by atoms with van der Waals surface area (Å²) in [6.45, 7) is 6.75. The molecule has 0 aromatic heterocycles. The van der Waals surface area contributed by atoms with E-state index in [2.05, 4.69) is 16.8 Å². The number of hydrogen-bond donors (Lipinski definition) is 1. The predicted molar refractivity (Wildman–Crippen MR) is 99.5 cm³/mol. The minimum absolute atomic E-state index is 0.165. The zero-order valence-corrected chi connectivity index (χ0v) is 16.2. The van der Waals surface area contributed by atoms with Gasteiger partial charge in [0.25, 0.3) is 0 Å². The zero-order valence-electron chi connectivity index (χ0n) is 15.5. The molecule has 25 heavy (non-hydrogen) atoms. The molecule has 1 aromatic carbocycles. The van der Waals surface area contributed by atoms with Gasteiger partial charge in [-0.05, 0) is 43.9 Å². The number of methoxy groups -OCH3 is 1. The lowest BCUT2D eigenvalue weighted by Gasteiger charge is -2.39. The van der Waals surface area contributed by atoms with Gasteiger partial charge in [0.2, 0.25) is 0 Å². The molecule has 1 N–H and O–H groups in total. The molecule has 0 radical (unpaired) electrons. The Morgan fingerprint density at radius 1 is 1.36 bits per heavy atom. The van der Waals surface area contributed by atoms with E-state index in [0.717, 1.165) is 38.2 Å². The van der Waals surface area contributed by atoms with Crippen molar-refractivity contribution in [3.8, 4) is 0 Å². The summed E-state index contributed by atoms with van der Waals surface area (Å²) in [6, 6.07) is 3.20. The van der Waals surface area contributed by atoms with Gasteiger partial charge in [0.15, 0.2) is 0 Å². The van der Waals surface area contributed by atoms with Crippen LogP contribution in [0.5, 0.6) is 0 Å². The molecule has 0 bridgehead atoms. The summed E-state index contributed by atoms with van der Waals surface area (Å²) in [5, 5.41) is 10.2. The first-order valence-electron chi connectivity index (χ1n) is 8.88. The quantitative estimate of drug-likeness (QED) is 0.761. The van der Waals surface area contributed by atoms with Gasteiger partial charge in [0.05, 0.1) is 11.6 Å². The Morgan fingerprint density at radius 2 is 2.08 bits per heavy atom. The Balaban J connectivity index is 2.04. The Morgan fingerprint density at radius 3 is 2.76 bits per heavy atom. The van der Waals surface area contributed by atoms with Crippen LogP contribution in [-0.4, -0.2) is 68.5 Å². The number of aliphatic hydroxyl groups excluding tert-OH is 1. The van der Waals surface area contributed by atoms with Crippen LogP contribution in [0.2, 0.25) is 5.02 Å². The average Bonchev–Trinajstić information content (AvgIpc) is 2.60. The van der Waals surface area contributed by atoms with Gasteiger partial charge >= 0.3 is 0 Å². The molecule has 6 heteroatoms. The lowest BCUT2D eigenvalue weighted by molar-refractivity contribution is 0.0609. The molecule has 0 amide bonds. The molecule has 1 saturated heterocycles. The van der Waals surface area contributed by atoms with Crippen molar-refractivity contribution in [2.45, 2.75) is 19.9 Å². The third kappa shape index (κ3) is 5.90. The summed E-state index contributed by atoms with van der Waals surface area (Å²) in [5.41, 5.74) is 1.45. The molecule has 1 fully saturated rings. The van der Waals surface area contributed by atoms with Crippen molar-refractivity contribution >= 4 is 11.6 Å². The minimum Gasteiger partial charge on any atom is -0.396 e. The van der Waals surface area contributed by atoms with E-state index < -0.39 is 0 Å². The maximum Gasteiger partial charge on any atom is 0.129 e. The Bertz CT molecular complexity index is 558. The summed E-state index contributed by atoms with van der Waals surface area (Å²) < 4.78 is 19.4. The molecule has 2 atom stereocenters. The zero-order chi connectivity index (χ0) is 18.4. The van der Waals surface area contributed by atoms with Crippen molar-refractivity contribution < 1.29 is 14.2 Å². The van der Waals surface area contributed by atoms with E-state index in [-0.39, 0.29) is 18.3 Å². The lowest BCUT2D eigenvalue weighted by atomic mass is 9.89. The number of aliphatic hydroxyl groups is 1. The van der Waals surface area contributed by atoms with Gasteiger partial charge in [-0.25, -0.2) is 4.39 Å². The first-order chi connectivity index (χ1) is 11.9. The normalized spacial score (nSPS) is 21.9. The topological polar surface area (TPSA) is 35.9 Å². The molecule has 0 spiro atoms. The second-order valence-corrected chi connectivity index (χ2v) is 7.63. The summed E-state index contributed by atoms with van der Waals surface area (Å²) >= 11 is 6.33. The van der Waals surface area contributed by atoms with Crippen LogP contribution in [0.1, 0.15) is 17.5 Å². The highest BCUT2D eigenvalue weighted by Gasteiger charge is 2.28. The van der Waals surface area contributed by atoms with Crippen molar-refractivity contribution in [3.05, 3.63) is 34.1 Å². The molecule has 1 aliphatic heterocycles. The SMILES string of the molecule is COCCN(C)C[C@H]1C[C@H](CO)CN(Cc2c(F)ccc(C)c2Cl)C1. The van der Waals surface area contributed by atoms with Crippen LogP contribution in [0, 0.1) is 24.6 Å². The van der Waals surface area contributed by atoms with Crippen LogP contribution in [0.15, 0.2) is 12.1 Å². The fourth-order valence-electron chi connectivity index (χ4n) is 3.68. The molecule has 1 aliphatic rings. The highest BCUT2D eigenvalue weighted by Crippen LogP contribution is 2.28. The van der Waals surface area contributed by atoms with Gasteiger partial charge in [-0.3, -0.25) is 4.90 Å². The summed E-state index contributed by atoms with van der Waals surface area (Å²) in [4.78, 5) is 4.48. The molecule has 0 aliphatic carbocycles. The highest BCUT2D eigenvalue weighted by molar-refractivity contribution is 6.32. The number of ether oxygens (including phenoxy) is 1. The largest absolute Gasteiger partial charge is 0.396 e. The summed E-state index contributed by atoms with van der Waals surface area (Å²) in [6.07, 6.45) is 0.994. The second-order valence-electron chi connectivity index (χ2n) is 7.26. The number of likely N-dealkylation sites (N-methyl/N-ethyl adjacent to an activating group) is 1. The molecule has 0 saturated carbocycles. The molecule has 0 unspecified atom stereocenters. The number of rotatable bonds is 8. The second kappa shape index (κ2) is 9.83. The van der Waals surface area contributed by atoms with E-state index in [4.69, 9.17) is 16.3 Å². The van der Waals surface area contributed by atoms with Crippen LogP contribution >= 0.6 is 11.6 Å². The van der Waals surface area contributed by atoms with E-state index in [1.54, 1.807) is 13.2 Å². The molecule has 142 valence electrons. The van der Waals surface area contributed by atoms with Crippen molar-refractivity contribution in [1.82, 2.24) is 9.80 Å². The van der Waals surface area contributed by atoms with Gasteiger partial charge < -0.3 is 14.7 Å². The molecule has 1 aromatic rings. The molecule has 2 rings (SSSR count). The maximum absolute atomic E-state index is 14.2. The van der Waals surface area contributed by atoms with Crippen molar-refractivity contribution in [3.63, 3.8) is 0 Å². The highest BCUT2D eigenvalue weighted by atomic mass is 35.5. The molecular weight excluding hydrogens is 343 g/mol. The molecular formula is C19H30ClFN2O2. The number of hydrogen-bond acceptors (Lipinski definition) is 4. The minimum atomic E-state index is -0.254. The fourth-order valence-corrected chi connectivity index (χ4v) is 3.89. The van der Waals surface area contributed by atoms with Gasteiger partial charge in [-0.2, -0.15) is 0 Å². The van der Waals surface area contributed by atoms with Crippen LogP contribution in [0.4, 0.5) is 4.39 Å². The van der Waals surface area contributed by atoms with Crippen molar-refractivity contribution in [2.24, 2.45) is 11.8 Å². The van der Waals surface area contributed by atoms with Gasteiger partial charge in [0.1, 0.15) is 5.82 Å². The van der Waals surface area contributed by atoms with E-state index in [9.17, 15) is 9.50 Å². The third-order valence-electron chi connectivity index (χ3n) is 4.97. The van der Waals surface area contributed by atoms with E-state index in [0.29, 0.717) is 29.7 Å². The number of piperidine rings is 1. The standard InChI is InChI=1S/C19H30ClFN2O2/c1-14-4-5-18(21)17(19(14)20)12-23-10-15(8-16(11-23)13-24)9-22(2)6-7-25-3/h4-5,15-16,24H,6-13H2,1-3H3/t15-,16+/m1/s1. The van der Waals surface area contributed by atoms with E-state index >= 15 is 0 Å². The number of halogens is 2. The van der Waals surface area contributed by atoms with Crippen molar-refractivity contribution in [1.29, 1.82) is 0 Å². The Labute approximate surface area is 155 Å². The van der Waals surface area contributed by atoms with Crippen LogP contribution in [-0.2, 0) is 11.3 Å². The third-order valence-corrected chi connectivity index (χ3v) is 5.49. The van der Waals surface area contributed by atoms with Crippen LogP contribution < -0.4 is 0 Å². The first-order valence-corrected chi connectivity index (χ1v) is 9.26. The molecule has 1 heterocycles. The van der Waals surface area contributed by atoms with Crippen molar-refractivity contribution in [2.75, 3.05) is 53.6 Å². The van der Waals surface area contributed by atoms with Gasteiger partial charge in [0, 0.05) is 52.0 Å². The van der Waals surface area contributed by atoms with Crippen LogP contribution in [0.25, 0.3) is 0 Å². The van der Waals surface area contributed by atoms with E-state index in [1.807, 2.05) is 6.92 Å². The lowest BCUT2D eigenvalue weighted by Crippen LogP contribution is -2.45. The van der Waals surface area contributed by atoms with Gasteiger partial charge in [-0.15, -0.1) is 0 Å². The van der Waals surface area contributed by atoms with Gasteiger partial charge in [-0.1, -0.05) is 17.7 Å². The number of benzene rings is 1. The summed E-state index contributed by atoms with van der Waals surface area (Å²) in [7, 11) is 3.79. The maximum atomic E-state index is 14.2. The monoisotopic (exact) mass is 372 g/mol. The number of nitrogens with zero attached hydrogens (tertiary/aromatic N) is 2. The predicted octanol–water partition coefficient (Wildman–Crippen LogP) is 2.80. The number of likely N-dealkylation sites (tertiary alicyclic amines) is 1. The average molecular weight is 373 g/mol.